The molecule has 21 heavy (non-hydrogen) atoms. The zero-order valence-corrected chi connectivity index (χ0v) is 12.8. The van der Waals surface area contributed by atoms with Gasteiger partial charge in [0, 0.05) is 31.8 Å². The monoisotopic (exact) mass is 298 g/mol. The van der Waals surface area contributed by atoms with Crippen LogP contribution in [0.5, 0.6) is 17.2 Å². The van der Waals surface area contributed by atoms with E-state index in [9.17, 15) is 4.79 Å². The first kappa shape index (κ1) is 17.1. The Morgan fingerprint density at radius 1 is 1.10 bits per heavy atom. The minimum absolute atomic E-state index is 0.116. The maximum Gasteiger partial charge on any atom is 0.250 e. The molecular formula is C14H22N2O5. The average Bonchev–Trinajstić information content (AvgIpc) is 2.52. The van der Waals surface area contributed by atoms with Gasteiger partial charge in [0.2, 0.25) is 0 Å². The van der Waals surface area contributed by atoms with Gasteiger partial charge >= 0.3 is 0 Å². The summed E-state index contributed by atoms with van der Waals surface area (Å²) in [5, 5.41) is 2.74. The molecule has 0 heterocycles. The van der Waals surface area contributed by atoms with Gasteiger partial charge in [-0.15, -0.1) is 0 Å². The fraction of sp³-hybridized carbons (Fsp3) is 0.500. The molecule has 1 unspecified atom stereocenters. The molecule has 0 saturated carbocycles. The Labute approximate surface area is 124 Å². The van der Waals surface area contributed by atoms with Crippen molar-refractivity contribution in [3.8, 4) is 17.2 Å². The van der Waals surface area contributed by atoms with Gasteiger partial charge in [-0.3, -0.25) is 4.79 Å². The van der Waals surface area contributed by atoms with E-state index in [1.807, 2.05) is 0 Å². The first-order valence-corrected chi connectivity index (χ1v) is 6.40. The molecule has 0 saturated heterocycles. The first-order chi connectivity index (χ1) is 10.1. The van der Waals surface area contributed by atoms with Crippen LogP contribution in [0, 0.1) is 0 Å². The highest BCUT2D eigenvalue weighted by atomic mass is 16.5. The lowest BCUT2D eigenvalue weighted by Gasteiger charge is -2.16. The maximum absolute atomic E-state index is 11.8. The molecule has 0 aromatic heterocycles. The number of amides is 1. The van der Waals surface area contributed by atoms with Gasteiger partial charge in [0.05, 0.1) is 21.3 Å². The van der Waals surface area contributed by atoms with Crippen LogP contribution in [-0.4, -0.2) is 47.0 Å². The van der Waals surface area contributed by atoms with E-state index >= 15 is 0 Å². The Hall–Kier alpha value is -1.99. The molecular weight excluding hydrogens is 276 g/mol. The zero-order valence-electron chi connectivity index (χ0n) is 12.8. The fourth-order valence-electron chi connectivity index (χ4n) is 1.84. The van der Waals surface area contributed by atoms with Crippen LogP contribution in [0.4, 0.5) is 0 Å². The van der Waals surface area contributed by atoms with Gasteiger partial charge in [-0.25, -0.2) is 0 Å². The molecule has 1 aromatic rings. The highest BCUT2D eigenvalue weighted by Gasteiger charge is 2.17. The van der Waals surface area contributed by atoms with Gasteiger partial charge in [0.15, 0.2) is 11.5 Å². The van der Waals surface area contributed by atoms with Crippen molar-refractivity contribution in [3.63, 3.8) is 0 Å². The van der Waals surface area contributed by atoms with Crippen LogP contribution in [0.25, 0.3) is 0 Å². The molecule has 3 N–H and O–H groups in total. The second-order valence-electron chi connectivity index (χ2n) is 4.20. The summed E-state index contributed by atoms with van der Waals surface area (Å²) in [5.74, 6) is 1.43. The molecule has 7 heteroatoms. The summed E-state index contributed by atoms with van der Waals surface area (Å²) in [5.41, 5.74) is 6.21. The molecule has 0 spiro atoms. The summed E-state index contributed by atoms with van der Waals surface area (Å²) in [6.45, 7) is 0.383. The third-order valence-corrected chi connectivity index (χ3v) is 3.03. The molecule has 0 radical (unpaired) electrons. The zero-order chi connectivity index (χ0) is 15.8. The van der Waals surface area contributed by atoms with E-state index < -0.39 is 6.10 Å². The lowest BCUT2D eigenvalue weighted by Crippen LogP contribution is -2.40. The van der Waals surface area contributed by atoms with Crippen LogP contribution in [0.3, 0.4) is 0 Å². The average molecular weight is 298 g/mol. The number of carbonyl (C=O) groups excluding carboxylic acids is 1. The molecule has 1 rings (SSSR count). The number of nitrogens with two attached hydrogens (primary N) is 1. The molecule has 0 aliphatic carbocycles. The van der Waals surface area contributed by atoms with Gasteiger partial charge in [-0.05, 0) is 6.07 Å². The Bertz CT molecular complexity index is 475. The van der Waals surface area contributed by atoms with E-state index in [1.54, 1.807) is 33.5 Å². The molecule has 1 aromatic carbocycles. The first-order valence-electron chi connectivity index (χ1n) is 6.40. The number of nitrogens with one attached hydrogen (secondary N) is 1. The predicted molar refractivity (Wildman–Crippen MR) is 77.8 cm³/mol. The van der Waals surface area contributed by atoms with Gasteiger partial charge in [0.1, 0.15) is 11.9 Å². The van der Waals surface area contributed by atoms with Gasteiger partial charge < -0.3 is 30.0 Å². The topological polar surface area (TPSA) is 92.0 Å². The SMILES string of the molecule is COc1cc(OC)c(OC)cc1CNC(=O)C(CN)OC. The van der Waals surface area contributed by atoms with E-state index in [0.717, 1.165) is 5.56 Å². The Balaban J connectivity index is 2.89. The molecule has 0 aliphatic heterocycles. The molecule has 1 amide bonds. The molecule has 1 atom stereocenters. The smallest absolute Gasteiger partial charge is 0.250 e. The number of hydrogen-bond donors (Lipinski definition) is 2. The lowest BCUT2D eigenvalue weighted by atomic mass is 10.1. The number of hydrogen-bond acceptors (Lipinski definition) is 6. The Morgan fingerprint density at radius 3 is 2.14 bits per heavy atom. The molecule has 0 aliphatic rings. The summed E-state index contributed by atoms with van der Waals surface area (Å²) in [4.78, 5) is 11.8. The van der Waals surface area contributed by atoms with Crippen molar-refractivity contribution in [2.24, 2.45) is 5.73 Å². The number of benzene rings is 1. The van der Waals surface area contributed by atoms with Crippen molar-refractivity contribution in [3.05, 3.63) is 17.7 Å². The normalized spacial score (nSPS) is 11.7. The van der Waals surface area contributed by atoms with E-state index in [4.69, 9.17) is 24.7 Å². The van der Waals surface area contributed by atoms with E-state index in [-0.39, 0.29) is 19.0 Å². The van der Waals surface area contributed by atoms with Crippen LogP contribution in [0.1, 0.15) is 5.56 Å². The standard InChI is InChI=1S/C14H22N2O5/c1-18-10-6-12(20-3)11(19-2)5-9(10)8-16-14(17)13(7-15)21-4/h5-6,13H,7-8,15H2,1-4H3,(H,16,17). The maximum atomic E-state index is 11.8. The summed E-state index contributed by atoms with van der Waals surface area (Å²) < 4.78 is 20.7. The van der Waals surface area contributed by atoms with Gasteiger partial charge in [0.25, 0.3) is 5.91 Å². The quantitative estimate of drug-likeness (QED) is 0.717. The summed E-state index contributed by atoms with van der Waals surface area (Å²) in [7, 11) is 6.07. The van der Waals surface area contributed by atoms with Crippen LogP contribution in [0.15, 0.2) is 12.1 Å². The van der Waals surface area contributed by atoms with Crippen LogP contribution >= 0.6 is 0 Å². The van der Waals surface area contributed by atoms with E-state index in [2.05, 4.69) is 5.32 Å². The molecule has 7 nitrogen and oxygen atoms in total. The Kier molecular flexibility index (Phi) is 6.77. The van der Waals surface area contributed by atoms with Crippen molar-refractivity contribution < 1.29 is 23.7 Å². The third-order valence-electron chi connectivity index (χ3n) is 3.03. The van der Waals surface area contributed by atoms with Crippen molar-refractivity contribution >= 4 is 5.91 Å². The second-order valence-corrected chi connectivity index (χ2v) is 4.20. The van der Waals surface area contributed by atoms with Crippen molar-refractivity contribution in [1.29, 1.82) is 0 Å². The summed E-state index contributed by atoms with van der Waals surface area (Å²) in [6.07, 6.45) is -0.670. The predicted octanol–water partition coefficient (Wildman–Crippen LogP) is 0.302. The second kappa shape index (κ2) is 8.33. The highest BCUT2D eigenvalue weighted by Crippen LogP contribution is 2.34. The number of ether oxygens (including phenoxy) is 4. The van der Waals surface area contributed by atoms with Crippen molar-refractivity contribution in [1.82, 2.24) is 5.32 Å². The van der Waals surface area contributed by atoms with Crippen LogP contribution in [0.2, 0.25) is 0 Å². The van der Waals surface area contributed by atoms with E-state index in [1.165, 1.54) is 7.11 Å². The lowest BCUT2D eigenvalue weighted by molar-refractivity contribution is -0.130. The summed E-state index contributed by atoms with van der Waals surface area (Å²) >= 11 is 0. The molecule has 118 valence electrons. The highest BCUT2D eigenvalue weighted by molar-refractivity contribution is 5.81. The number of carbonyl (C=O) groups is 1. The third kappa shape index (κ3) is 4.24. The van der Waals surface area contributed by atoms with Crippen LogP contribution in [-0.2, 0) is 16.1 Å². The molecule has 0 fully saturated rings. The van der Waals surface area contributed by atoms with Gasteiger partial charge in [-0.1, -0.05) is 0 Å². The van der Waals surface area contributed by atoms with Crippen LogP contribution < -0.4 is 25.3 Å². The van der Waals surface area contributed by atoms with E-state index in [0.29, 0.717) is 17.2 Å². The summed E-state index contributed by atoms with van der Waals surface area (Å²) in [6, 6.07) is 3.46. The minimum atomic E-state index is -0.670. The minimum Gasteiger partial charge on any atom is -0.496 e. The fourth-order valence-corrected chi connectivity index (χ4v) is 1.84. The van der Waals surface area contributed by atoms with Crippen molar-refractivity contribution in [2.75, 3.05) is 35.0 Å². The Morgan fingerprint density at radius 2 is 1.67 bits per heavy atom. The number of methoxy groups -OCH3 is 4. The number of rotatable bonds is 8. The molecule has 0 bridgehead atoms. The largest absolute Gasteiger partial charge is 0.496 e. The van der Waals surface area contributed by atoms with Gasteiger partial charge in [-0.2, -0.15) is 0 Å². The van der Waals surface area contributed by atoms with Crippen molar-refractivity contribution in [2.45, 2.75) is 12.6 Å².